The molecular weight excluding hydrogens is 554 g/mol. The van der Waals surface area contributed by atoms with Gasteiger partial charge >= 0.3 is 6.09 Å². The largest absolute Gasteiger partial charge is 0.465 e. The monoisotopic (exact) mass is 591 g/mol. The van der Waals surface area contributed by atoms with Crippen LogP contribution < -0.4 is 10.7 Å². The van der Waals surface area contributed by atoms with Gasteiger partial charge in [-0.1, -0.05) is 58.2 Å². The number of sulfonamides is 1. The van der Waals surface area contributed by atoms with Gasteiger partial charge in [-0.2, -0.15) is 4.31 Å². The highest BCUT2D eigenvalue weighted by molar-refractivity contribution is 7.98. The van der Waals surface area contributed by atoms with Crippen molar-refractivity contribution in [1.29, 1.82) is 0 Å². The fourth-order valence-corrected chi connectivity index (χ4v) is 6.56. The van der Waals surface area contributed by atoms with Gasteiger partial charge in [0.05, 0.1) is 29.1 Å². The number of carboxylic acid groups (broad SMARTS) is 1. The fraction of sp³-hybridized carbons (Fsp3) is 0.538. The Balaban J connectivity index is 1.41. The Morgan fingerprint density at radius 1 is 1.18 bits per heavy atom. The zero-order chi connectivity index (χ0) is 29.3. The highest BCUT2D eigenvalue weighted by atomic mass is 32.2. The summed E-state index contributed by atoms with van der Waals surface area (Å²) in [5.74, 6) is 1.96. The van der Waals surface area contributed by atoms with Crippen molar-refractivity contribution in [2.24, 2.45) is 0 Å². The minimum Gasteiger partial charge on any atom is -0.465 e. The van der Waals surface area contributed by atoms with E-state index >= 15 is 0 Å². The lowest BCUT2D eigenvalue weighted by atomic mass is 9.86. The number of aromatic nitrogens is 4. The molecule has 1 fully saturated rings. The average Bonchev–Trinajstić information content (AvgIpc) is 3.51. The molecule has 0 saturated carbocycles. The third-order valence-corrected chi connectivity index (χ3v) is 9.20. The topological polar surface area (TPSA) is 155 Å². The summed E-state index contributed by atoms with van der Waals surface area (Å²) in [6.45, 7) is 12.6. The van der Waals surface area contributed by atoms with Crippen molar-refractivity contribution in [1.82, 2.24) is 24.4 Å². The molecule has 3 N–H and O–H groups in total. The van der Waals surface area contributed by atoms with Gasteiger partial charge in [0.1, 0.15) is 10.8 Å². The van der Waals surface area contributed by atoms with E-state index in [9.17, 15) is 18.3 Å². The zero-order valence-corrected chi connectivity index (χ0v) is 25.3. The van der Waals surface area contributed by atoms with Crippen molar-refractivity contribution in [2.45, 2.75) is 86.9 Å². The molecule has 218 valence electrons. The van der Waals surface area contributed by atoms with E-state index in [4.69, 9.17) is 4.42 Å². The van der Waals surface area contributed by atoms with Gasteiger partial charge in [-0.25, -0.2) is 18.2 Å². The van der Waals surface area contributed by atoms with E-state index in [1.807, 2.05) is 20.8 Å². The number of anilines is 1. The molecule has 3 aromatic rings. The van der Waals surface area contributed by atoms with Crippen LogP contribution in [0.1, 0.15) is 71.6 Å². The molecule has 1 amide bonds. The second-order valence-electron chi connectivity index (χ2n) is 11.8. The Morgan fingerprint density at radius 2 is 1.93 bits per heavy atom. The van der Waals surface area contributed by atoms with Crippen LogP contribution in [0.3, 0.4) is 0 Å². The summed E-state index contributed by atoms with van der Waals surface area (Å²) in [7, 11) is -3.81. The van der Waals surface area contributed by atoms with E-state index in [0.29, 0.717) is 40.9 Å². The smallest absolute Gasteiger partial charge is 0.409 e. The number of thioether (sulfide) groups is 1. The van der Waals surface area contributed by atoms with Crippen LogP contribution in [0.15, 0.2) is 44.9 Å². The van der Waals surface area contributed by atoms with Gasteiger partial charge in [-0.15, -0.1) is 10.2 Å². The van der Waals surface area contributed by atoms with E-state index in [2.05, 4.69) is 46.7 Å². The summed E-state index contributed by atoms with van der Waals surface area (Å²) in [5.41, 5.74) is 3.59. The maximum atomic E-state index is 13.6. The van der Waals surface area contributed by atoms with E-state index in [-0.39, 0.29) is 22.9 Å². The van der Waals surface area contributed by atoms with Gasteiger partial charge in [-0.05, 0) is 42.0 Å². The molecule has 4 rings (SSSR count). The Morgan fingerprint density at radius 3 is 2.58 bits per heavy atom. The van der Waals surface area contributed by atoms with Crippen LogP contribution in [0, 0.1) is 0 Å². The molecule has 40 heavy (non-hydrogen) atoms. The van der Waals surface area contributed by atoms with Gasteiger partial charge in [-0.3, -0.25) is 10.7 Å². The Hall–Kier alpha value is -3.10. The maximum absolute atomic E-state index is 13.6. The number of nitrogens with one attached hydrogen (secondary N) is 2. The third-order valence-electron chi connectivity index (χ3n) is 6.47. The van der Waals surface area contributed by atoms with Crippen molar-refractivity contribution in [3.63, 3.8) is 0 Å². The zero-order valence-electron chi connectivity index (χ0n) is 23.6. The van der Waals surface area contributed by atoms with Crippen LogP contribution in [0.2, 0.25) is 0 Å². The first-order valence-electron chi connectivity index (χ1n) is 13.0. The lowest BCUT2D eigenvalue weighted by molar-refractivity contribution is 0.209. The molecular formula is C26H37N7O5S2. The summed E-state index contributed by atoms with van der Waals surface area (Å²) >= 11 is 1.45. The average molecular weight is 592 g/mol. The van der Waals surface area contributed by atoms with Crippen LogP contribution >= 0.6 is 11.8 Å². The number of benzene rings is 1. The molecule has 12 nitrogen and oxygen atoms in total. The van der Waals surface area contributed by atoms with Crippen LogP contribution in [0.5, 0.6) is 0 Å². The highest BCUT2D eigenvalue weighted by Gasteiger charge is 2.32. The van der Waals surface area contributed by atoms with Gasteiger partial charge in [0, 0.05) is 24.2 Å². The summed E-state index contributed by atoms with van der Waals surface area (Å²) in [5, 5.41) is 21.0. The Labute approximate surface area is 238 Å². The molecule has 1 aromatic carbocycles. The third kappa shape index (κ3) is 7.15. The summed E-state index contributed by atoms with van der Waals surface area (Å²) in [4.78, 5) is 17.1. The molecule has 0 bridgehead atoms. The number of hydrogen-bond acceptors (Lipinski definition) is 9. The van der Waals surface area contributed by atoms with E-state index in [0.717, 1.165) is 12.2 Å². The molecule has 1 unspecified atom stereocenters. The van der Waals surface area contributed by atoms with E-state index < -0.39 is 21.5 Å². The Kier molecular flexibility index (Phi) is 8.52. The number of amides is 1. The summed E-state index contributed by atoms with van der Waals surface area (Å²) in [6, 6.07) is 4.33. The molecule has 0 spiro atoms. The van der Waals surface area contributed by atoms with Gasteiger partial charge in [0.15, 0.2) is 0 Å². The molecule has 3 heterocycles. The number of rotatable bonds is 8. The number of carbonyl (C=O) groups is 1. The molecule has 1 aliphatic heterocycles. The molecule has 14 heteroatoms. The number of nitrogens with zero attached hydrogens (tertiary/aromatic N) is 5. The van der Waals surface area contributed by atoms with Crippen molar-refractivity contribution < 1.29 is 22.7 Å². The fourth-order valence-electron chi connectivity index (χ4n) is 4.34. The molecule has 0 radical (unpaired) electrons. The predicted molar refractivity (Wildman–Crippen MR) is 153 cm³/mol. The minimum absolute atomic E-state index is 0.111. The van der Waals surface area contributed by atoms with Gasteiger partial charge in [0.25, 0.3) is 0 Å². The second-order valence-corrected chi connectivity index (χ2v) is 14.8. The van der Waals surface area contributed by atoms with Gasteiger partial charge < -0.3 is 9.52 Å². The van der Waals surface area contributed by atoms with Crippen LogP contribution in [-0.2, 0) is 26.6 Å². The lowest BCUT2D eigenvalue weighted by Gasteiger charge is -2.32. The van der Waals surface area contributed by atoms with Crippen LogP contribution in [0.25, 0.3) is 0 Å². The highest BCUT2D eigenvalue weighted by Crippen LogP contribution is 2.33. The summed E-state index contributed by atoms with van der Waals surface area (Å²) in [6.07, 6.45) is 3.62. The maximum Gasteiger partial charge on any atom is 0.409 e. The number of piperidine rings is 1. The summed E-state index contributed by atoms with van der Waals surface area (Å²) < 4.78 is 34.5. The lowest BCUT2D eigenvalue weighted by Crippen LogP contribution is -2.47. The normalized spacial score (nSPS) is 17.1. The first-order valence-corrected chi connectivity index (χ1v) is 15.5. The first-order chi connectivity index (χ1) is 18.6. The molecule has 1 aliphatic rings. The van der Waals surface area contributed by atoms with Crippen LogP contribution in [0.4, 0.5) is 10.5 Å². The molecule has 1 atom stereocenters. The standard InChI is InChI=1S/C26H37N7O5S2/c1-25(2,3)19-12-18(9-10-20(19)29-24(34)35)40(36,37)32-11-7-8-17(15-32)30-33-28-14-23(31-33)39-16-22-27-13-21(38-22)26(4,5)6/h9-10,12-14,17,29-30H,7-8,11,15-16H2,1-6H3,(H,34,35). The molecule has 0 aliphatic carbocycles. The SMILES string of the molecule is CC(C)(C)c1cnc(CSc2cnn(NC3CCCN(S(=O)(=O)c4ccc(NC(=O)O)c(C(C)(C)C)c4)C3)n2)o1. The molecule has 2 aromatic heterocycles. The van der Waals surface area contributed by atoms with Crippen molar-refractivity contribution in [2.75, 3.05) is 23.8 Å². The second kappa shape index (κ2) is 11.4. The van der Waals surface area contributed by atoms with Crippen molar-refractivity contribution in [3.8, 4) is 0 Å². The van der Waals surface area contributed by atoms with E-state index in [1.54, 1.807) is 18.5 Å². The van der Waals surface area contributed by atoms with Crippen LogP contribution in [-0.4, -0.2) is 63.1 Å². The molecule has 1 saturated heterocycles. The first kappa shape index (κ1) is 29.9. The number of hydrogen-bond donors (Lipinski definition) is 3. The van der Waals surface area contributed by atoms with Crippen molar-refractivity contribution >= 4 is 33.6 Å². The predicted octanol–water partition coefficient (Wildman–Crippen LogP) is 4.64. The number of oxazole rings is 1. The minimum atomic E-state index is -3.81. The quantitative estimate of drug-likeness (QED) is 0.315. The Bertz CT molecular complexity index is 1450. The van der Waals surface area contributed by atoms with Crippen molar-refractivity contribution in [3.05, 3.63) is 47.8 Å². The van der Waals surface area contributed by atoms with Gasteiger partial charge in [0.2, 0.25) is 15.9 Å². The van der Waals surface area contributed by atoms with E-state index in [1.165, 1.54) is 33.1 Å².